The molecule has 0 amide bonds. The Labute approximate surface area is 182 Å². The molecule has 0 unspecified atom stereocenters. The Morgan fingerprint density at radius 1 is 0.867 bits per heavy atom. The van der Waals surface area contributed by atoms with Gasteiger partial charge in [0.15, 0.2) is 0 Å². The highest BCUT2D eigenvalue weighted by Gasteiger charge is 2.22. The summed E-state index contributed by atoms with van der Waals surface area (Å²) in [5, 5.41) is 0. The molecular formula is C29H37F. The number of hydrogen-bond donors (Lipinski definition) is 0. The first-order valence-corrected chi connectivity index (χ1v) is 12.3. The first kappa shape index (κ1) is 21.3. The zero-order valence-electron chi connectivity index (χ0n) is 18.9. The molecule has 0 saturated heterocycles. The first-order chi connectivity index (χ1) is 14.7. The molecule has 0 heterocycles. The van der Waals surface area contributed by atoms with Crippen LogP contribution in [0.25, 0.3) is 11.6 Å². The molecule has 2 aromatic carbocycles. The summed E-state index contributed by atoms with van der Waals surface area (Å²) in [5.74, 6) is 1.73. The maximum absolute atomic E-state index is 14.6. The summed E-state index contributed by atoms with van der Waals surface area (Å²) in [6.07, 6.45) is 15.8. The fourth-order valence-electron chi connectivity index (χ4n) is 5.53. The Morgan fingerprint density at radius 3 is 2.33 bits per heavy atom. The highest BCUT2D eigenvalue weighted by atomic mass is 19.1. The lowest BCUT2D eigenvalue weighted by atomic mass is 9.76. The van der Waals surface area contributed by atoms with Crippen molar-refractivity contribution in [3.8, 4) is 0 Å². The van der Waals surface area contributed by atoms with Gasteiger partial charge in [0.2, 0.25) is 0 Å². The molecule has 0 aromatic heterocycles. The van der Waals surface area contributed by atoms with Gasteiger partial charge in [-0.2, -0.15) is 0 Å². The molecule has 1 heteroatoms. The minimum Gasteiger partial charge on any atom is -0.206 e. The van der Waals surface area contributed by atoms with E-state index in [0.717, 1.165) is 47.8 Å². The molecule has 2 aliphatic rings. The molecule has 2 aromatic rings. The van der Waals surface area contributed by atoms with Crippen LogP contribution in [0.5, 0.6) is 0 Å². The summed E-state index contributed by atoms with van der Waals surface area (Å²) in [6.45, 7) is 4.32. The van der Waals surface area contributed by atoms with Crippen molar-refractivity contribution in [1.82, 2.24) is 0 Å². The Balaban J connectivity index is 1.40. The van der Waals surface area contributed by atoms with E-state index in [2.05, 4.69) is 43.3 Å². The SMILES string of the molecule is CCCCCC1CCC(c2ccc(C3=Cc4ccc(CC)c(F)c4CC3)cc2)CC1. The first-order valence-electron chi connectivity index (χ1n) is 12.3. The molecular weight excluding hydrogens is 367 g/mol. The summed E-state index contributed by atoms with van der Waals surface area (Å²) in [4.78, 5) is 0. The number of aryl methyl sites for hydroxylation is 1. The van der Waals surface area contributed by atoms with E-state index in [-0.39, 0.29) is 5.82 Å². The average molecular weight is 405 g/mol. The second kappa shape index (κ2) is 9.94. The molecule has 0 spiro atoms. The third-order valence-electron chi connectivity index (χ3n) is 7.53. The maximum atomic E-state index is 14.6. The van der Waals surface area contributed by atoms with Crippen molar-refractivity contribution in [2.75, 3.05) is 0 Å². The molecule has 2 aliphatic carbocycles. The molecule has 0 aliphatic heterocycles. The third-order valence-corrected chi connectivity index (χ3v) is 7.53. The standard InChI is InChI=1S/C29H37F/c1-3-5-6-7-21-8-10-23(11-9-21)24-13-15-25(16-14-24)26-18-19-28-27(20-26)17-12-22(4-2)29(28)30/h12-17,20-21,23H,3-11,18-19H2,1-2H3. The van der Waals surface area contributed by atoms with E-state index in [1.165, 1.54) is 68.1 Å². The lowest BCUT2D eigenvalue weighted by Gasteiger charge is -2.29. The average Bonchev–Trinajstić information content (AvgIpc) is 2.80. The number of benzene rings is 2. The number of halogens is 1. The van der Waals surface area contributed by atoms with Gasteiger partial charge in [0.25, 0.3) is 0 Å². The lowest BCUT2D eigenvalue weighted by Crippen LogP contribution is -2.13. The van der Waals surface area contributed by atoms with Gasteiger partial charge in [0, 0.05) is 0 Å². The molecule has 1 saturated carbocycles. The number of fused-ring (bicyclic) bond motifs is 1. The van der Waals surface area contributed by atoms with Crippen LogP contribution in [0, 0.1) is 11.7 Å². The molecule has 0 N–H and O–H groups in total. The van der Waals surface area contributed by atoms with Crippen molar-refractivity contribution in [3.63, 3.8) is 0 Å². The van der Waals surface area contributed by atoms with Crippen molar-refractivity contribution in [3.05, 3.63) is 70.0 Å². The van der Waals surface area contributed by atoms with Crippen LogP contribution in [0.1, 0.15) is 105 Å². The summed E-state index contributed by atoms with van der Waals surface area (Å²) in [7, 11) is 0. The van der Waals surface area contributed by atoms with Gasteiger partial charge >= 0.3 is 0 Å². The Bertz CT molecular complexity index is 866. The van der Waals surface area contributed by atoms with Crippen molar-refractivity contribution < 1.29 is 4.39 Å². The van der Waals surface area contributed by atoms with Gasteiger partial charge in [-0.25, -0.2) is 4.39 Å². The second-order valence-corrected chi connectivity index (χ2v) is 9.47. The molecule has 160 valence electrons. The van der Waals surface area contributed by atoms with Crippen LogP contribution in [-0.4, -0.2) is 0 Å². The van der Waals surface area contributed by atoms with Gasteiger partial charge in [0.1, 0.15) is 5.82 Å². The third kappa shape index (κ3) is 4.71. The number of hydrogen-bond acceptors (Lipinski definition) is 0. The highest BCUT2D eigenvalue weighted by molar-refractivity contribution is 5.84. The zero-order chi connectivity index (χ0) is 20.9. The predicted molar refractivity (Wildman–Crippen MR) is 127 cm³/mol. The highest BCUT2D eigenvalue weighted by Crippen LogP contribution is 2.39. The van der Waals surface area contributed by atoms with Gasteiger partial charge in [-0.05, 0) is 90.2 Å². The van der Waals surface area contributed by atoms with Crippen molar-refractivity contribution in [1.29, 1.82) is 0 Å². The van der Waals surface area contributed by atoms with Crippen LogP contribution < -0.4 is 0 Å². The number of unbranched alkanes of at least 4 members (excludes halogenated alkanes) is 2. The quantitative estimate of drug-likeness (QED) is 0.405. The minimum atomic E-state index is 0.0194. The summed E-state index contributed by atoms with van der Waals surface area (Å²) in [6, 6.07) is 13.4. The molecule has 30 heavy (non-hydrogen) atoms. The Hall–Kier alpha value is -1.89. The van der Waals surface area contributed by atoms with Crippen LogP contribution in [0.15, 0.2) is 36.4 Å². The van der Waals surface area contributed by atoms with Gasteiger partial charge < -0.3 is 0 Å². The van der Waals surface area contributed by atoms with Gasteiger partial charge in [0.05, 0.1) is 0 Å². The topological polar surface area (TPSA) is 0 Å². The van der Waals surface area contributed by atoms with Gasteiger partial charge in [-0.15, -0.1) is 0 Å². The van der Waals surface area contributed by atoms with Gasteiger partial charge in [-0.1, -0.05) is 82.0 Å². The van der Waals surface area contributed by atoms with Crippen LogP contribution in [0.3, 0.4) is 0 Å². The molecule has 0 nitrogen and oxygen atoms in total. The van der Waals surface area contributed by atoms with E-state index in [1.54, 1.807) is 0 Å². The molecule has 1 fully saturated rings. The fourth-order valence-corrected chi connectivity index (χ4v) is 5.53. The van der Waals surface area contributed by atoms with Crippen LogP contribution >= 0.6 is 0 Å². The maximum Gasteiger partial charge on any atom is 0.130 e. The predicted octanol–water partition coefficient (Wildman–Crippen LogP) is 8.73. The van der Waals surface area contributed by atoms with E-state index in [9.17, 15) is 4.39 Å². The molecule has 0 atom stereocenters. The lowest BCUT2D eigenvalue weighted by molar-refractivity contribution is 0.303. The van der Waals surface area contributed by atoms with E-state index in [1.807, 2.05) is 13.0 Å². The van der Waals surface area contributed by atoms with Crippen LogP contribution in [0.4, 0.5) is 4.39 Å². The van der Waals surface area contributed by atoms with Crippen LogP contribution in [0.2, 0.25) is 0 Å². The van der Waals surface area contributed by atoms with Crippen molar-refractivity contribution in [2.45, 2.75) is 90.4 Å². The monoisotopic (exact) mass is 404 g/mol. The molecule has 0 bridgehead atoms. The fraction of sp³-hybridized carbons (Fsp3) is 0.517. The van der Waals surface area contributed by atoms with E-state index in [4.69, 9.17) is 0 Å². The summed E-state index contributed by atoms with van der Waals surface area (Å²) >= 11 is 0. The van der Waals surface area contributed by atoms with E-state index >= 15 is 0 Å². The second-order valence-electron chi connectivity index (χ2n) is 9.47. The normalized spacial score (nSPS) is 21.2. The zero-order valence-corrected chi connectivity index (χ0v) is 18.9. The van der Waals surface area contributed by atoms with Crippen LogP contribution in [-0.2, 0) is 12.8 Å². The largest absolute Gasteiger partial charge is 0.206 e. The van der Waals surface area contributed by atoms with E-state index in [0.29, 0.717) is 0 Å². The van der Waals surface area contributed by atoms with E-state index < -0.39 is 0 Å². The van der Waals surface area contributed by atoms with Crippen molar-refractivity contribution >= 4 is 11.6 Å². The summed E-state index contributed by atoms with van der Waals surface area (Å²) in [5.41, 5.74) is 6.98. The van der Waals surface area contributed by atoms with Crippen molar-refractivity contribution in [2.24, 2.45) is 5.92 Å². The smallest absolute Gasteiger partial charge is 0.130 e. The number of rotatable bonds is 7. The molecule has 4 rings (SSSR count). The summed E-state index contributed by atoms with van der Waals surface area (Å²) < 4.78 is 14.6. The number of allylic oxidation sites excluding steroid dienone is 1. The molecule has 0 radical (unpaired) electrons. The Kier molecular flexibility index (Phi) is 7.08. The van der Waals surface area contributed by atoms with Gasteiger partial charge in [-0.3, -0.25) is 0 Å². The Morgan fingerprint density at radius 2 is 1.63 bits per heavy atom. The minimum absolute atomic E-state index is 0.0194.